The molecule has 0 aliphatic heterocycles. The summed E-state index contributed by atoms with van der Waals surface area (Å²) in [5, 5.41) is 15.2. The summed E-state index contributed by atoms with van der Waals surface area (Å²) in [7, 11) is -4.12. The van der Waals surface area contributed by atoms with Crippen molar-refractivity contribution in [2.45, 2.75) is 4.90 Å². The van der Waals surface area contributed by atoms with Crippen LogP contribution in [0.3, 0.4) is 0 Å². The third kappa shape index (κ3) is 2.30. The molecule has 0 unspecified atom stereocenters. The van der Waals surface area contributed by atoms with Gasteiger partial charge in [0.25, 0.3) is 0 Å². The van der Waals surface area contributed by atoms with Crippen molar-refractivity contribution < 1.29 is 17.7 Å². The molecule has 0 saturated heterocycles. The van der Waals surface area contributed by atoms with E-state index in [4.69, 9.17) is 5.14 Å². The average molecular weight is 299 g/mol. The number of halogens is 2. The second kappa shape index (κ2) is 3.83. The number of benzene rings is 1. The molecule has 1 aromatic rings. The van der Waals surface area contributed by atoms with Crippen LogP contribution in [-0.4, -0.2) is 13.3 Å². The van der Waals surface area contributed by atoms with Crippen LogP contribution >= 0.6 is 15.9 Å². The summed E-state index contributed by atoms with van der Waals surface area (Å²) >= 11 is 2.63. The van der Waals surface area contributed by atoms with Crippen molar-refractivity contribution in [1.82, 2.24) is 0 Å². The Morgan fingerprint density at radius 1 is 1.47 bits per heavy atom. The molecule has 0 aliphatic carbocycles. The first-order valence-electron chi connectivity index (χ1n) is 3.40. The van der Waals surface area contributed by atoms with Crippen LogP contribution in [0.1, 0.15) is 0 Å². The van der Waals surface area contributed by atoms with Gasteiger partial charge < -0.3 is 0 Å². The van der Waals surface area contributed by atoms with Crippen molar-refractivity contribution >= 4 is 31.6 Å². The summed E-state index contributed by atoms with van der Waals surface area (Å²) in [6, 6.07) is 1.52. The SMILES string of the molecule is NS(=O)(=O)c1ccc(F)c([N+](=O)[O-])c1Br. The molecule has 82 valence electrons. The van der Waals surface area contributed by atoms with Gasteiger partial charge in [0.1, 0.15) is 9.37 Å². The molecule has 0 aromatic heterocycles. The number of nitro benzene ring substituents is 1. The molecule has 1 aromatic carbocycles. The van der Waals surface area contributed by atoms with Crippen LogP contribution in [0.2, 0.25) is 0 Å². The summed E-state index contributed by atoms with van der Waals surface area (Å²) in [6.07, 6.45) is 0. The standard InChI is InChI=1S/C6H4BrFN2O4S/c7-5-4(15(9,13)14)2-1-3(8)6(5)10(11)12/h1-2H,(H2,9,13,14). The number of nitro groups is 1. The number of hydrogen-bond donors (Lipinski definition) is 1. The van der Waals surface area contributed by atoms with E-state index in [0.717, 1.165) is 6.07 Å². The quantitative estimate of drug-likeness (QED) is 0.653. The Morgan fingerprint density at radius 3 is 2.40 bits per heavy atom. The van der Waals surface area contributed by atoms with E-state index in [1.165, 1.54) is 0 Å². The summed E-state index contributed by atoms with van der Waals surface area (Å²) in [6.45, 7) is 0. The minimum absolute atomic E-state index is 0.491. The minimum atomic E-state index is -4.12. The molecule has 15 heavy (non-hydrogen) atoms. The highest BCUT2D eigenvalue weighted by Gasteiger charge is 2.26. The maximum atomic E-state index is 13.0. The molecule has 0 amide bonds. The lowest BCUT2D eigenvalue weighted by atomic mass is 10.3. The highest BCUT2D eigenvalue weighted by molar-refractivity contribution is 9.10. The van der Waals surface area contributed by atoms with Gasteiger partial charge in [0, 0.05) is 0 Å². The molecule has 0 atom stereocenters. The number of primary sulfonamides is 1. The zero-order valence-corrected chi connectivity index (χ0v) is 9.38. The van der Waals surface area contributed by atoms with Gasteiger partial charge in [-0.25, -0.2) is 13.6 Å². The normalized spacial score (nSPS) is 11.4. The lowest BCUT2D eigenvalue weighted by Crippen LogP contribution is -2.13. The fourth-order valence-corrected chi connectivity index (χ4v) is 2.66. The van der Waals surface area contributed by atoms with E-state index in [0.29, 0.717) is 6.07 Å². The number of sulfonamides is 1. The van der Waals surface area contributed by atoms with Crippen molar-refractivity contribution in [1.29, 1.82) is 0 Å². The predicted octanol–water partition coefficient (Wildman–Crippen LogP) is 1.14. The largest absolute Gasteiger partial charge is 0.320 e. The minimum Gasteiger partial charge on any atom is -0.258 e. The van der Waals surface area contributed by atoms with E-state index in [1.807, 2.05) is 0 Å². The zero-order valence-electron chi connectivity index (χ0n) is 6.98. The first kappa shape index (κ1) is 12.0. The van der Waals surface area contributed by atoms with Gasteiger partial charge in [-0.15, -0.1) is 0 Å². The molecule has 0 bridgehead atoms. The van der Waals surface area contributed by atoms with E-state index in [1.54, 1.807) is 0 Å². The number of nitrogens with two attached hydrogens (primary N) is 1. The summed E-state index contributed by atoms with van der Waals surface area (Å²) in [5.74, 6) is -1.14. The Labute approximate surface area is 92.2 Å². The average Bonchev–Trinajstić information content (AvgIpc) is 2.00. The van der Waals surface area contributed by atoms with Crippen molar-refractivity contribution in [2.75, 3.05) is 0 Å². The molecular formula is C6H4BrFN2O4S. The fraction of sp³-hybridized carbons (Fsp3) is 0. The fourth-order valence-electron chi connectivity index (χ4n) is 0.910. The van der Waals surface area contributed by atoms with Crippen molar-refractivity contribution in [3.8, 4) is 0 Å². The molecule has 0 heterocycles. The maximum Gasteiger partial charge on any atom is 0.320 e. The van der Waals surface area contributed by atoms with Crippen molar-refractivity contribution in [3.05, 3.63) is 32.5 Å². The van der Waals surface area contributed by atoms with Gasteiger partial charge in [-0.05, 0) is 28.1 Å². The lowest BCUT2D eigenvalue weighted by molar-refractivity contribution is -0.388. The Hall–Kier alpha value is -1.06. The highest BCUT2D eigenvalue weighted by Crippen LogP contribution is 2.33. The van der Waals surface area contributed by atoms with Crippen LogP contribution in [0.15, 0.2) is 21.5 Å². The van der Waals surface area contributed by atoms with Crippen LogP contribution in [-0.2, 0) is 10.0 Å². The van der Waals surface area contributed by atoms with E-state index in [9.17, 15) is 22.9 Å². The van der Waals surface area contributed by atoms with Gasteiger partial charge in [0.05, 0.1) is 4.92 Å². The third-order valence-corrected chi connectivity index (χ3v) is 3.54. The first-order valence-corrected chi connectivity index (χ1v) is 5.74. The Morgan fingerprint density at radius 2 is 2.00 bits per heavy atom. The molecule has 6 nitrogen and oxygen atoms in total. The number of nitrogens with zero attached hydrogens (tertiary/aromatic N) is 1. The van der Waals surface area contributed by atoms with E-state index in [2.05, 4.69) is 15.9 Å². The Balaban J connectivity index is 3.64. The van der Waals surface area contributed by atoms with Gasteiger partial charge in [-0.3, -0.25) is 10.1 Å². The molecule has 9 heteroatoms. The molecule has 0 spiro atoms. The summed E-state index contributed by atoms with van der Waals surface area (Å²) in [5.41, 5.74) is -0.957. The molecule has 0 fully saturated rings. The smallest absolute Gasteiger partial charge is 0.258 e. The van der Waals surface area contributed by atoms with Crippen molar-refractivity contribution in [2.24, 2.45) is 5.14 Å². The Kier molecular flexibility index (Phi) is 3.07. The highest BCUT2D eigenvalue weighted by atomic mass is 79.9. The topological polar surface area (TPSA) is 103 Å². The number of rotatable bonds is 2. The Bertz CT molecular complexity index is 530. The second-order valence-corrected chi connectivity index (χ2v) is 4.83. The van der Waals surface area contributed by atoms with E-state index in [-0.39, 0.29) is 0 Å². The zero-order chi connectivity index (χ0) is 11.8. The van der Waals surface area contributed by atoms with Crippen LogP contribution in [0.5, 0.6) is 0 Å². The molecule has 0 saturated carbocycles. The molecular weight excluding hydrogens is 295 g/mol. The van der Waals surface area contributed by atoms with Gasteiger partial charge in [-0.1, -0.05) is 0 Å². The third-order valence-electron chi connectivity index (χ3n) is 1.52. The predicted molar refractivity (Wildman–Crippen MR) is 52.1 cm³/mol. The van der Waals surface area contributed by atoms with Gasteiger partial charge in [-0.2, -0.15) is 4.39 Å². The van der Waals surface area contributed by atoms with Crippen molar-refractivity contribution in [3.63, 3.8) is 0 Å². The van der Waals surface area contributed by atoms with Crippen LogP contribution in [0.4, 0.5) is 10.1 Å². The lowest BCUT2D eigenvalue weighted by Gasteiger charge is -2.02. The van der Waals surface area contributed by atoms with E-state index >= 15 is 0 Å². The number of hydrogen-bond acceptors (Lipinski definition) is 4. The summed E-state index contributed by atoms with van der Waals surface area (Å²) < 4.78 is 34.4. The first-order chi connectivity index (χ1) is 6.75. The van der Waals surface area contributed by atoms with Crippen LogP contribution in [0.25, 0.3) is 0 Å². The van der Waals surface area contributed by atoms with Gasteiger partial charge in [0.15, 0.2) is 0 Å². The summed E-state index contributed by atoms with van der Waals surface area (Å²) in [4.78, 5) is 8.86. The maximum absolute atomic E-state index is 13.0. The van der Waals surface area contributed by atoms with E-state index < -0.39 is 35.8 Å². The van der Waals surface area contributed by atoms with Gasteiger partial charge in [0.2, 0.25) is 15.8 Å². The van der Waals surface area contributed by atoms with Crippen LogP contribution < -0.4 is 5.14 Å². The van der Waals surface area contributed by atoms with Crippen LogP contribution in [0, 0.1) is 15.9 Å². The molecule has 0 aliphatic rings. The van der Waals surface area contributed by atoms with Gasteiger partial charge >= 0.3 is 5.69 Å². The second-order valence-electron chi connectivity index (χ2n) is 2.51. The molecule has 0 radical (unpaired) electrons. The monoisotopic (exact) mass is 298 g/mol. The molecule has 1 rings (SSSR count). The molecule has 2 N–H and O–H groups in total.